The lowest BCUT2D eigenvalue weighted by Gasteiger charge is -2.34. The Bertz CT molecular complexity index is 944. The minimum Gasteiger partial charge on any atom is -0.444 e. The molecule has 0 radical (unpaired) electrons. The zero-order valence-electron chi connectivity index (χ0n) is 19.4. The van der Waals surface area contributed by atoms with Gasteiger partial charge in [-0.25, -0.2) is 4.79 Å². The van der Waals surface area contributed by atoms with Crippen LogP contribution >= 0.6 is 0 Å². The molecule has 1 N–H and O–H groups in total. The van der Waals surface area contributed by atoms with Crippen LogP contribution < -0.4 is 5.32 Å². The highest BCUT2D eigenvalue weighted by Gasteiger charge is 2.54. The predicted octanol–water partition coefficient (Wildman–Crippen LogP) is 5.44. The van der Waals surface area contributed by atoms with Crippen molar-refractivity contribution in [2.24, 2.45) is 5.92 Å². The van der Waals surface area contributed by atoms with Gasteiger partial charge in [0.2, 0.25) is 0 Å². The van der Waals surface area contributed by atoms with Gasteiger partial charge in [-0.05, 0) is 44.7 Å². The summed E-state index contributed by atoms with van der Waals surface area (Å²) >= 11 is 0. The number of aldehydes is 1. The maximum Gasteiger partial charge on any atom is 0.407 e. The van der Waals surface area contributed by atoms with Crippen molar-refractivity contribution in [3.8, 4) is 0 Å². The quantitative estimate of drug-likeness (QED) is 0.540. The maximum atomic E-state index is 14.4. The van der Waals surface area contributed by atoms with E-state index >= 15 is 0 Å². The molecule has 184 valence electrons. The number of ether oxygens (including phenoxy) is 2. The van der Waals surface area contributed by atoms with E-state index in [9.17, 15) is 22.8 Å². The van der Waals surface area contributed by atoms with E-state index < -0.39 is 48.0 Å². The van der Waals surface area contributed by atoms with E-state index in [1.165, 1.54) is 12.1 Å². The van der Waals surface area contributed by atoms with Crippen LogP contribution in [0.5, 0.6) is 0 Å². The van der Waals surface area contributed by atoms with Gasteiger partial charge in [-0.15, -0.1) is 0 Å². The van der Waals surface area contributed by atoms with E-state index in [4.69, 9.17) is 9.47 Å². The second-order valence-corrected chi connectivity index (χ2v) is 9.55. The van der Waals surface area contributed by atoms with Gasteiger partial charge in [0.1, 0.15) is 18.0 Å². The lowest BCUT2D eigenvalue weighted by molar-refractivity contribution is -0.167. The second kappa shape index (κ2) is 10.6. The van der Waals surface area contributed by atoms with Gasteiger partial charge in [-0.3, -0.25) is 0 Å². The number of nitrogens with one attached hydrogen (secondary N) is 1. The van der Waals surface area contributed by atoms with Crippen LogP contribution in [0.25, 0.3) is 0 Å². The molecule has 0 saturated carbocycles. The van der Waals surface area contributed by atoms with Crippen LogP contribution in [0, 0.1) is 5.92 Å². The molecular weight excluding hydrogens is 447 g/mol. The first kappa shape index (κ1) is 25.7. The Morgan fingerprint density at radius 3 is 2.21 bits per heavy atom. The van der Waals surface area contributed by atoms with E-state index in [-0.39, 0.29) is 18.4 Å². The summed E-state index contributed by atoms with van der Waals surface area (Å²) in [5.74, 6) is -2.94. The summed E-state index contributed by atoms with van der Waals surface area (Å²) < 4.78 is 54.4. The molecule has 5 atom stereocenters. The molecule has 34 heavy (non-hydrogen) atoms. The topological polar surface area (TPSA) is 64.6 Å². The summed E-state index contributed by atoms with van der Waals surface area (Å²) in [5, 5.41) is 2.73. The molecule has 1 aliphatic heterocycles. The van der Waals surface area contributed by atoms with Gasteiger partial charge >= 0.3 is 12.3 Å². The van der Waals surface area contributed by atoms with Gasteiger partial charge < -0.3 is 19.6 Å². The van der Waals surface area contributed by atoms with E-state index in [2.05, 4.69) is 5.32 Å². The molecule has 5 nitrogen and oxygen atoms in total. The number of amides is 1. The first-order chi connectivity index (χ1) is 16.0. The van der Waals surface area contributed by atoms with Crippen molar-refractivity contribution in [3.63, 3.8) is 0 Å². The zero-order valence-corrected chi connectivity index (χ0v) is 19.4. The highest BCUT2D eigenvalue weighted by atomic mass is 19.4. The molecule has 0 spiro atoms. The van der Waals surface area contributed by atoms with Gasteiger partial charge in [0.15, 0.2) is 0 Å². The summed E-state index contributed by atoms with van der Waals surface area (Å²) in [4.78, 5) is 24.2. The molecule has 8 heteroatoms. The number of rotatable bonds is 7. The first-order valence-electron chi connectivity index (χ1n) is 11.2. The third-order valence-electron chi connectivity index (χ3n) is 5.75. The standard InChI is InChI=1S/C26H30F3NO4/c1-25(2,3)34-24(32)30-21(14-17-10-6-4-7-11-17)23-20(15-19(16-31)33-23)22(26(27,28)29)18-12-8-5-9-13-18/h4-13,16,19-23H,14-15H2,1-3H3,(H,30,32)/t19-,20-,21-,22+,23-/m0/s1. The molecule has 2 aromatic rings. The Morgan fingerprint density at radius 1 is 1.09 bits per heavy atom. The SMILES string of the molecule is CC(C)(C)OC(=O)N[C@@H](Cc1ccccc1)[C@H]1O[C@H](C=O)C[C@H]1[C@@H](c1ccccc1)C(F)(F)F. The van der Waals surface area contributed by atoms with Crippen LogP contribution in [0.4, 0.5) is 18.0 Å². The van der Waals surface area contributed by atoms with Crippen LogP contribution in [-0.4, -0.2) is 42.4 Å². The molecule has 0 aliphatic carbocycles. The fraction of sp³-hybridized carbons (Fsp3) is 0.462. The highest BCUT2D eigenvalue weighted by molar-refractivity contribution is 5.68. The van der Waals surface area contributed by atoms with Crippen LogP contribution in [0.3, 0.4) is 0 Å². The Balaban J connectivity index is 1.99. The summed E-state index contributed by atoms with van der Waals surface area (Å²) in [6.45, 7) is 5.10. The number of carbonyl (C=O) groups excluding carboxylic acids is 2. The third-order valence-corrected chi connectivity index (χ3v) is 5.75. The number of hydrogen-bond acceptors (Lipinski definition) is 4. The fourth-order valence-electron chi connectivity index (χ4n) is 4.48. The van der Waals surface area contributed by atoms with Crippen LogP contribution in [-0.2, 0) is 20.7 Å². The van der Waals surface area contributed by atoms with Gasteiger partial charge in [-0.2, -0.15) is 13.2 Å². The largest absolute Gasteiger partial charge is 0.444 e. The molecule has 2 aromatic carbocycles. The molecule has 0 bridgehead atoms. The van der Waals surface area contributed by atoms with Crippen molar-refractivity contribution < 1.29 is 32.2 Å². The van der Waals surface area contributed by atoms with Crippen molar-refractivity contribution in [2.45, 2.75) is 69.6 Å². The molecule has 0 aromatic heterocycles. The fourth-order valence-corrected chi connectivity index (χ4v) is 4.48. The minimum atomic E-state index is -4.57. The van der Waals surface area contributed by atoms with Crippen molar-refractivity contribution in [3.05, 3.63) is 71.8 Å². The smallest absolute Gasteiger partial charge is 0.407 e. The summed E-state index contributed by atoms with van der Waals surface area (Å²) in [6.07, 6.45) is -6.75. The average Bonchev–Trinajstić information content (AvgIpc) is 3.16. The second-order valence-electron chi connectivity index (χ2n) is 9.55. The zero-order chi connectivity index (χ0) is 24.9. The van der Waals surface area contributed by atoms with Crippen molar-refractivity contribution in [1.29, 1.82) is 0 Å². The molecule has 1 aliphatic rings. The summed E-state index contributed by atoms with van der Waals surface area (Å²) in [5.41, 5.74) is 0.112. The molecule has 1 saturated heterocycles. The maximum absolute atomic E-state index is 14.4. The first-order valence-corrected chi connectivity index (χ1v) is 11.2. The number of carbonyl (C=O) groups is 2. The lowest BCUT2D eigenvalue weighted by atomic mass is 9.77. The van der Waals surface area contributed by atoms with E-state index in [0.717, 1.165) is 5.56 Å². The summed E-state index contributed by atoms with van der Waals surface area (Å²) in [6, 6.07) is 15.9. The molecule has 0 unspecified atom stereocenters. The lowest BCUT2D eigenvalue weighted by Crippen LogP contribution is -2.50. The Hall–Kier alpha value is -2.87. The molecule has 3 rings (SSSR count). The normalized spacial score (nSPS) is 22.6. The monoisotopic (exact) mass is 477 g/mol. The number of alkyl halides is 3. The highest BCUT2D eigenvalue weighted by Crippen LogP contribution is 2.47. The average molecular weight is 478 g/mol. The van der Waals surface area contributed by atoms with Crippen LogP contribution in [0.2, 0.25) is 0 Å². The Labute approximate surface area is 197 Å². The van der Waals surface area contributed by atoms with Gasteiger partial charge in [0.25, 0.3) is 0 Å². The van der Waals surface area contributed by atoms with E-state index in [0.29, 0.717) is 6.29 Å². The molecule has 1 heterocycles. The Kier molecular flexibility index (Phi) is 8.02. The Morgan fingerprint density at radius 2 is 1.68 bits per heavy atom. The van der Waals surface area contributed by atoms with Gasteiger partial charge in [0.05, 0.1) is 18.1 Å². The van der Waals surface area contributed by atoms with Gasteiger partial charge in [-0.1, -0.05) is 60.7 Å². The van der Waals surface area contributed by atoms with Gasteiger partial charge in [0, 0.05) is 5.92 Å². The summed E-state index contributed by atoms with van der Waals surface area (Å²) in [7, 11) is 0. The van der Waals surface area contributed by atoms with Crippen LogP contribution in [0.15, 0.2) is 60.7 Å². The van der Waals surface area contributed by atoms with E-state index in [1.54, 1.807) is 39.0 Å². The number of benzene rings is 2. The number of alkyl carbamates (subject to hydrolysis) is 1. The number of halogens is 3. The minimum absolute atomic E-state index is 0.0934. The number of hydrogen-bond donors (Lipinski definition) is 1. The molecule has 1 amide bonds. The van der Waals surface area contributed by atoms with Crippen molar-refractivity contribution >= 4 is 12.4 Å². The molecule has 1 fully saturated rings. The van der Waals surface area contributed by atoms with Crippen molar-refractivity contribution in [2.75, 3.05) is 0 Å². The third kappa shape index (κ3) is 6.82. The van der Waals surface area contributed by atoms with Crippen LogP contribution in [0.1, 0.15) is 44.2 Å². The predicted molar refractivity (Wildman–Crippen MR) is 121 cm³/mol. The van der Waals surface area contributed by atoms with E-state index in [1.807, 2.05) is 30.3 Å². The molecular formula is C26H30F3NO4. The van der Waals surface area contributed by atoms with Crippen molar-refractivity contribution in [1.82, 2.24) is 5.32 Å².